The van der Waals surface area contributed by atoms with Gasteiger partial charge < -0.3 is 40.9 Å². The summed E-state index contributed by atoms with van der Waals surface area (Å²) in [4.78, 5) is 0. The molecular weight excluding hydrogens is 693 g/mol. The summed E-state index contributed by atoms with van der Waals surface area (Å²) in [5.41, 5.74) is 6.83. The highest BCUT2D eigenvalue weighted by atomic mass is 16.3. The molecule has 0 spiro atoms. The Balaban J connectivity index is 1.22. The van der Waals surface area contributed by atoms with Crippen LogP contribution in [0.4, 0.5) is 0 Å². The highest BCUT2D eigenvalue weighted by molar-refractivity contribution is 6.04. The minimum Gasteiger partial charge on any atom is -0.508 e. The molecule has 8 nitrogen and oxygen atoms in total. The van der Waals surface area contributed by atoms with Gasteiger partial charge in [-0.25, -0.2) is 0 Å². The quantitative estimate of drug-likeness (QED) is 0.0767. The second-order valence-corrected chi connectivity index (χ2v) is 13.8. The Morgan fingerprint density at radius 3 is 1.62 bits per heavy atom. The molecule has 0 saturated heterocycles. The van der Waals surface area contributed by atoms with Crippen LogP contribution >= 0.6 is 0 Å². The summed E-state index contributed by atoms with van der Waals surface area (Å²) in [5, 5.41) is 88.0. The normalized spacial score (nSPS) is 11.3. The summed E-state index contributed by atoms with van der Waals surface area (Å²) in [6, 6.07) is 37.3. The molecule has 0 aromatic heterocycles. The van der Waals surface area contributed by atoms with Crippen molar-refractivity contribution in [1.82, 2.24) is 0 Å². The van der Waals surface area contributed by atoms with Gasteiger partial charge in [0.15, 0.2) is 0 Å². The number of hydrogen-bond donors (Lipinski definition) is 8. The lowest BCUT2D eigenvalue weighted by Crippen LogP contribution is -1.98. The first-order valence-electron chi connectivity index (χ1n) is 17.7. The summed E-state index contributed by atoms with van der Waals surface area (Å²) in [7, 11) is 0. The van der Waals surface area contributed by atoms with E-state index >= 15 is 0 Å². The molecule has 272 valence electrons. The van der Waals surface area contributed by atoms with E-state index in [1.54, 1.807) is 103 Å². The fourth-order valence-corrected chi connectivity index (χ4v) is 7.46. The molecule has 0 aliphatic carbocycles. The van der Waals surface area contributed by atoms with Crippen molar-refractivity contribution in [3.63, 3.8) is 0 Å². The molecule has 0 saturated carbocycles. The van der Waals surface area contributed by atoms with Crippen LogP contribution in [0.3, 0.4) is 0 Å². The molecule has 8 rings (SSSR count). The Bertz CT molecular complexity index is 2750. The van der Waals surface area contributed by atoms with Crippen molar-refractivity contribution in [3.05, 3.63) is 167 Å². The van der Waals surface area contributed by atoms with Crippen LogP contribution in [0.2, 0.25) is 0 Å². The number of aromatic hydroxyl groups is 8. The fraction of sp³-hybridized carbons (Fsp3) is 0.0638. The van der Waals surface area contributed by atoms with Crippen LogP contribution in [0, 0.1) is 0 Å². The predicted octanol–water partition coefficient (Wildman–Crippen LogP) is 9.74. The molecule has 0 amide bonds. The van der Waals surface area contributed by atoms with Crippen molar-refractivity contribution in [3.8, 4) is 68.2 Å². The predicted molar refractivity (Wildman–Crippen MR) is 213 cm³/mol. The number of phenols is 8. The van der Waals surface area contributed by atoms with Gasteiger partial charge in [0.2, 0.25) is 0 Å². The third-order valence-corrected chi connectivity index (χ3v) is 10.2. The van der Waals surface area contributed by atoms with Gasteiger partial charge in [0, 0.05) is 18.4 Å². The molecule has 8 heteroatoms. The van der Waals surface area contributed by atoms with E-state index in [1.165, 1.54) is 12.1 Å². The number of fused-ring (bicyclic) bond motifs is 2. The molecule has 8 aromatic carbocycles. The van der Waals surface area contributed by atoms with Gasteiger partial charge >= 0.3 is 0 Å². The largest absolute Gasteiger partial charge is 0.508 e. The lowest BCUT2D eigenvalue weighted by Gasteiger charge is -2.18. The van der Waals surface area contributed by atoms with E-state index in [9.17, 15) is 40.9 Å². The van der Waals surface area contributed by atoms with Crippen LogP contribution in [0.15, 0.2) is 133 Å². The maximum atomic E-state index is 11.4. The third kappa shape index (κ3) is 6.62. The van der Waals surface area contributed by atoms with Gasteiger partial charge in [-0.05, 0) is 128 Å². The highest BCUT2D eigenvalue weighted by Gasteiger charge is 2.20. The molecule has 0 unspecified atom stereocenters. The number of benzene rings is 8. The lowest BCUT2D eigenvalue weighted by atomic mass is 9.88. The van der Waals surface area contributed by atoms with Gasteiger partial charge in [-0.3, -0.25) is 0 Å². The molecule has 0 fully saturated rings. The highest BCUT2D eigenvalue weighted by Crippen LogP contribution is 2.45. The van der Waals surface area contributed by atoms with Crippen LogP contribution in [0.5, 0.6) is 46.0 Å². The Kier molecular flexibility index (Phi) is 8.79. The van der Waals surface area contributed by atoms with Crippen molar-refractivity contribution < 1.29 is 40.9 Å². The molecule has 8 N–H and O–H groups in total. The standard InChI is InChI=1S/C47H36O8/c48-33-11-4-26(5-12-33)20-30-9-16-38-36(17-19-43(53)45(38)46(30)54)29-10-18-41(51)40(24-29)39-25-35(50)15-8-28(39)22-31-23-32(21-27-6-13-34(49)14-7-27)47(55)44-37(31)2-1-3-42(44)52/h1-19,23-25,48-55H,20-22H2. The van der Waals surface area contributed by atoms with E-state index in [4.69, 9.17) is 0 Å². The van der Waals surface area contributed by atoms with E-state index in [1.807, 2.05) is 18.2 Å². The van der Waals surface area contributed by atoms with Gasteiger partial charge in [-0.15, -0.1) is 0 Å². The smallest absolute Gasteiger partial charge is 0.130 e. The van der Waals surface area contributed by atoms with Crippen molar-refractivity contribution in [2.24, 2.45) is 0 Å². The van der Waals surface area contributed by atoms with Gasteiger partial charge in [0.1, 0.15) is 46.0 Å². The van der Waals surface area contributed by atoms with Gasteiger partial charge in [-0.1, -0.05) is 72.8 Å². The van der Waals surface area contributed by atoms with Gasteiger partial charge in [0.25, 0.3) is 0 Å². The third-order valence-electron chi connectivity index (χ3n) is 10.2. The minimum absolute atomic E-state index is 0.00838. The monoisotopic (exact) mass is 728 g/mol. The summed E-state index contributed by atoms with van der Waals surface area (Å²) < 4.78 is 0. The first kappa shape index (κ1) is 34.7. The maximum absolute atomic E-state index is 11.4. The van der Waals surface area contributed by atoms with E-state index in [0.717, 1.165) is 22.3 Å². The molecular formula is C47H36O8. The summed E-state index contributed by atoms with van der Waals surface area (Å²) in [6.45, 7) is 0. The zero-order chi connectivity index (χ0) is 38.4. The first-order valence-corrected chi connectivity index (χ1v) is 17.7. The van der Waals surface area contributed by atoms with E-state index in [2.05, 4.69) is 0 Å². The molecule has 0 heterocycles. The van der Waals surface area contributed by atoms with Gasteiger partial charge in [0.05, 0.1) is 10.8 Å². The van der Waals surface area contributed by atoms with Crippen molar-refractivity contribution in [2.45, 2.75) is 19.3 Å². The van der Waals surface area contributed by atoms with E-state index < -0.39 is 0 Å². The molecule has 8 aromatic rings. The molecule has 0 radical (unpaired) electrons. The zero-order valence-corrected chi connectivity index (χ0v) is 29.4. The lowest BCUT2D eigenvalue weighted by molar-refractivity contribution is 0.459. The van der Waals surface area contributed by atoms with Crippen LogP contribution in [0.1, 0.15) is 33.4 Å². The van der Waals surface area contributed by atoms with Crippen LogP contribution in [-0.2, 0) is 19.3 Å². The zero-order valence-electron chi connectivity index (χ0n) is 29.4. The van der Waals surface area contributed by atoms with Crippen LogP contribution < -0.4 is 0 Å². The fourth-order valence-electron chi connectivity index (χ4n) is 7.46. The van der Waals surface area contributed by atoms with Gasteiger partial charge in [-0.2, -0.15) is 0 Å². The summed E-state index contributed by atoms with van der Waals surface area (Å²) in [5.74, 6) is -0.0217. The average molecular weight is 729 g/mol. The number of rotatable bonds is 8. The molecule has 55 heavy (non-hydrogen) atoms. The Morgan fingerprint density at radius 2 is 0.909 bits per heavy atom. The van der Waals surface area contributed by atoms with Crippen LogP contribution in [0.25, 0.3) is 43.8 Å². The average Bonchev–Trinajstić information content (AvgIpc) is 3.17. The van der Waals surface area contributed by atoms with Crippen molar-refractivity contribution in [2.75, 3.05) is 0 Å². The second kappa shape index (κ2) is 13.9. The van der Waals surface area contributed by atoms with Crippen LogP contribution in [-0.4, -0.2) is 40.9 Å². The Labute approximate surface area is 316 Å². The van der Waals surface area contributed by atoms with Crippen molar-refractivity contribution in [1.29, 1.82) is 0 Å². The molecule has 0 atom stereocenters. The number of hydrogen-bond acceptors (Lipinski definition) is 8. The van der Waals surface area contributed by atoms with E-state index in [-0.39, 0.29) is 51.4 Å². The Hall–Kier alpha value is -7.32. The summed E-state index contributed by atoms with van der Waals surface area (Å²) >= 11 is 0. The first-order chi connectivity index (χ1) is 26.5. The molecule has 0 bridgehead atoms. The Morgan fingerprint density at radius 1 is 0.327 bits per heavy atom. The van der Waals surface area contributed by atoms with Crippen molar-refractivity contribution >= 4 is 21.5 Å². The maximum Gasteiger partial charge on any atom is 0.130 e. The minimum atomic E-state index is -0.0879. The SMILES string of the molecule is Oc1ccc(Cc2cc(Cc3ccc(O)cc3-c3cc(-c4ccc(O)c5c(O)c(Cc6ccc(O)cc6)ccc45)ccc3O)c3cccc(O)c3c2O)cc1. The molecule has 0 aliphatic rings. The van der Waals surface area contributed by atoms with E-state index in [0.29, 0.717) is 68.8 Å². The molecule has 0 aliphatic heterocycles. The summed E-state index contributed by atoms with van der Waals surface area (Å²) in [6.07, 6.45) is 1.02. The number of phenolic OH excluding ortho intramolecular Hbond substituents is 8. The second-order valence-electron chi connectivity index (χ2n) is 13.8. The topological polar surface area (TPSA) is 162 Å².